The standard InChI is InChI=1S/C19H23N3O4.CH4/c1-12(23)17(19(25)22-26)21-18(24)16-8-6-15(7-9-16)14-4-2-13(3-5-14)10-11-20;/h2-9,12,17,23,26H,10-11,20H2,1H3,(H,21,24)(H,22,25);1H4/t12-,17+;/m1./s1. The molecular weight excluding hydrogens is 346 g/mol. The van der Waals surface area contributed by atoms with E-state index in [1.54, 1.807) is 24.3 Å². The average molecular weight is 373 g/mol. The topological polar surface area (TPSA) is 125 Å². The van der Waals surface area contributed by atoms with Gasteiger partial charge in [0.1, 0.15) is 6.04 Å². The highest BCUT2D eigenvalue weighted by molar-refractivity contribution is 5.97. The molecule has 0 saturated carbocycles. The average Bonchev–Trinajstić information content (AvgIpc) is 2.66. The van der Waals surface area contributed by atoms with Gasteiger partial charge in [-0.25, -0.2) is 5.48 Å². The number of nitrogens with two attached hydrogens (primary N) is 1. The second-order valence-corrected chi connectivity index (χ2v) is 5.98. The van der Waals surface area contributed by atoms with Gasteiger partial charge in [-0.3, -0.25) is 14.8 Å². The normalized spacial score (nSPS) is 12.4. The Morgan fingerprint density at radius 1 is 1.04 bits per heavy atom. The third-order valence-electron chi connectivity index (χ3n) is 4.03. The number of carbonyl (C=O) groups excluding carboxylic acids is 2. The molecule has 2 aromatic carbocycles. The van der Waals surface area contributed by atoms with Crippen LogP contribution in [0.4, 0.5) is 0 Å². The summed E-state index contributed by atoms with van der Waals surface area (Å²) in [6.45, 7) is 1.95. The van der Waals surface area contributed by atoms with E-state index >= 15 is 0 Å². The highest BCUT2D eigenvalue weighted by Crippen LogP contribution is 2.20. The first-order chi connectivity index (χ1) is 12.5. The summed E-state index contributed by atoms with van der Waals surface area (Å²) in [6.07, 6.45) is -0.331. The second kappa shape index (κ2) is 10.4. The Balaban J connectivity index is 0.00000364. The Morgan fingerprint density at radius 2 is 1.56 bits per heavy atom. The zero-order valence-electron chi connectivity index (χ0n) is 14.5. The Hall–Kier alpha value is -2.74. The van der Waals surface area contributed by atoms with Crippen molar-refractivity contribution in [1.29, 1.82) is 0 Å². The molecule has 0 bridgehead atoms. The molecule has 27 heavy (non-hydrogen) atoms. The summed E-state index contributed by atoms with van der Waals surface area (Å²) in [5.74, 6) is -1.41. The fourth-order valence-electron chi connectivity index (χ4n) is 2.54. The molecule has 0 radical (unpaired) electrons. The minimum absolute atomic E-state index is 0. The number of hydrogen-bond acceptors (Lipinski definition) is 5. The van der Waals surface area contributed by atoms with Crippen LogP contribution in [-0.4, -0.2) is 40.8 Å². The maximum Gasteiger partial charge on any atom is 0.268 e. The summed E-state index contributed by atoms with van der Waals surface area (Å²) in [6, 6.07) is 13.6. The SMILES string of the molecule is C.C[C@@H](O)[C@H](NC(=O)c1ccc(-c2ccc(CCN)cc2)cc1)C(=O)NO. The molecule has 0 aromatic heterocycles. The lowest BCUT2D eigenvalue weighted by molar-refractivity contribution is -0.133. The van der Waals surface area contributed by atoms with Crippen LogP contribution in [0.15, 0.2) is 48.5 Å². The molecular formula is C20H27N3O4. The predicted molar refractivity (Wildman–Crippen MR) is 104 cm³/mol. The van der Waals surface area contributed by atoms with Gasteiger partial charge in [0.15, 0.2) is 0 Å². The highest BCUT2D eigenvalue weighted by atomic mass is 16.5. The predicted octanol–water partition coefficient (Wildman–Crippen LogP) is 1.48. The summed E-state index contributed by atoms with van der Waals surface area (Å²) in [5.41, 5.74) is 10.4. The number of aliphatic hydroxyl groups excluding tert-OH is 1. The fraction of sp³-hybridized carbons (Fsp3) is 0.300. The Labute approximate surface area is 159 Å². The molecule has 0 heterocycles. The maximum absolute atomic E-state index is 12.2. The van der Waals surface area contributed by atoms with E-state index in [2.05, 4.69) is 5.32 Å². The van der Waals surface area contributed by atoms with Crippen LogP contribution in [0.1, 0.15) is 30.3 Å². The van der Waals surface area contributed by atoms with E-state index in [1.807, 2.05) is 24.3 Å². The number of rotatable bonds is 7. The zero-order valence-corrected chi connectivity index (χ0v) is 14.5. The Bertz CT molecular complexity index is 743. The van der Waals surface area contributed by atoms with E-state index in [1.165, 1.54) is 18.0 Å². The summed E-state index contributed by atoms with van der Waals surface area (Å²) in [7, 11) is 0. The van der Waals surface area contributed by atoms with Crippen molar-refractivity contribution < 1.29 is 19.9 Å². The van der Waals surface area contributed by atoms with Crippen molar-refractivity contribution in [1.82, 2.24) is 10.8 Å². The van der Waals surface area contributed by atoms with Gasteiger partial charge in [0.2, 0.25) is 0 Å². The molecule has 0 aliphatic heterocycles. The van der Waals surface area contributed by atoms with Gasteiger partial charge in [0.25, 0.3) is 11.8 Å². The first-order valence-corrected chi connectivity index (χ1v) is 8.28. The summed E-state index contributed by atoms with van der Waals surface area (Å²) in [5, 5.41) is 20.6. The molecule has 146 valence electrons. The smallest absolute Gasteiger partial charge is 0.268 e. The Morgan fingerprint density at radius 3 is 2.00 bits per heavy atom. The molecule has 0 saturated heterocycles. The van der Waals surface area contributed by atoms with E-state index in [4.69, 9.17) is 10.9 Å². The van der Waals surface area contributed by atoms with Gasteiger partial charge < -0.3 is 16.2 Å². The first kappa shape index (κ1) is 22.3. The molecule has 0 unspecified atom stereocenters. The molecule has 0 fully saturated rings. The number of hydroxylamine groups is 1. The van der Waals surface area contributed by atoms with E-state index in [9.17, 15) is 14.7 Å². The van der Waals surface area contributed by atoms with E-state index in [-0.39, 0.29) is 7.43 Å². The summed E-state index contributed by atoms with van der Waals surface area (Å²) < 4.78 is 0. The number of benzene rings is 2. The fourth-order valence-corrected chi connectivity index (χ4v) is 2.54. The van der Waals surface area contributed by atoms with Crippen molar-refractivity contribution >= 4 is 11.8 Å². The second-order valence-electron chi connectivity index (χ2n) is 5.98. The van der Waals surface area contributed by atoms with Gasteiger partial charge in [-0.05, 0) is 48.7 Å². The lowest BCUT2D eigenvalue weighted by Crippen LogP contribution is -2.51. The third kappa shape index (κ3) is 5.89. The molecule has 2 atom stereocenters. The van der Waals surface area contributed by atoms with E-state index in [0.717, 1.165) is 17.5 Å². The van der Waals surface area contributed by atoms with E-state index < -0.39 is 24.0 Å². The van der Waals surface area contributed by atoms with Crippen molar-refractivity contribution in [3.05, 3.63) is 59.7 Å². The van der Waals surface area contributed by atoms with Crippen LogP contribution in [0.2, 0.25) is 0 Å². The molecule has 7 nitrogen and oxygen atoms in total. The van der Waals surface area contributed by atoms with Crippen molar-refractivity contribution in [2.24, 2.45) is 5.73 Å². The van der Waals surface area contributed by atoms with Crippen molar-refractivity contribution in [2.45, 2.75) is 32.9 Å². The number of carbonyl (C=O) groups is 2. The zero-order chi connectivity index (χ0) is 19.1. The van der Waals surface area contributed by atoms with Crippen LogP contribution >= 0.6 is 0 Å². The van der Waals surface area contributed by atoms with E-state index in [0.29, 0.717) is 12.1 Å². The number of aliphatic hydroxyl groups is 1. The van der Waals surface area contributed by atoms with Crippen molar-refractivity contribution in [2.75, 3.05) is 6.54 Å². The van der Waals surface area contributed by atoms with Gasteiger partial charge in [0, 0.05) is 5.56 Å². The third-order valence-corrected chi connectivity index (χ3v) is 4.03. The van der Waals surface area contributed by atoms with Crippen LogP contribution in [0, 0.1) is 0 Å². The quantitative estimate of drug-likeness (QED) is 0.371. The monoisotopic (exact) mass is 373 g/mol. The minimum Gasteiger partial charge on any atom is -0.391 e. The lowest BCUT2D eigenvalue weighted by atomic mass is 10.0. The van der Waals surface area contributed by atoms with Crippen LogP contribution in [0.25, 0.3) is 11.1 Å². The van der Waals surface area contributed by atoms with Gasteiger partial charge in [0.05, 0.1) is 6.10 Å². The molecule has 2 rings (SSSR count). The Kier molecular flexibility index (Phi) is 8.61. The number of hydrogen-bond donors (Lipinski definition) is 5. The summed E-state index contributed by atoms with van der Waals surface area (Å²) >= 11 is 0. The van der Waals surface area contributed by atoms with Crippen molar-refractivity contribution in [3.8, 4) is 11.1 Å². The maximum atomic E-state index is 12.2. The van der Waals surface area contributed by atoms with Gasteiger partial charge >= 0.3 is 0 Å². The van der Waals surface area contributed by atoms with Crippen LogP contribution < -0.4 is 16.5 Å². The molecule has 2 aromatic rings. The first-order valence-electron chi connectivity index (χ1n) is 8.28. The highest BCUT2D eigenvalue weighted by Gasteiger charge is 2.25. The number of nitrogens with one attached hydrogen (secondary N) is 2. The lowest BCUT2D eigenvalue weighted by Gasteiger charge is -2.19. The summed E-state index contributed by atoms with van der Waals surface area (Å²) in [4.78, 5) is 23.7. The largest absolute Gasteiger partial charge is 0.391 e. The number of amides is 2. The van der Waals surface area contributed by atoms with Gasteiger partial charge in [-0.15, -0.1) is 0 Å². The van der Waals surface area contributed by atoms with Gasteiger partial charge in [-0.1, -0.05) is 43.8 Å². The van der Waals surface area contributed by atoms with Crippen LogP contribution in [0.5, 0.6) is 0 Å². The van der Waals surface area contributed by atoms with Crippen LogP contribution in [-0.2, 0) is 11.2 Å². The van der Waals surface area contributed by atoms with Gasteiger partial charge in [-0.2, -0.15) is 0 Å². The molecule has 6 N–H and O–H groups in total. The molecule has 7 heteroatoms. The molecule has 0 spiro atoms. The molecule has 0 aliphatic rings. The van der Waals surface area contributed by atoms with Crippen LogP contribution in [0.3, 0.4) is 0 Å². The van der Waals surface area contributed by atoms with Crippen molar-refractivity contribution in [3.63, 3.8) is 0 Å². The minimum atomic E-state index is -1.25. The molecule has 2 amide bonds. The molecule has 0 aliphatic carbocycles.